The van der Waals surface area contributed by atoms with E-state index < -0.39 is 0 Å². The summed E-state index contributed by atoms with van der Waals surface area (Å²) >= 11 is 6.82. The van der Waals surface area contributed by atoms with Gasteiger partial charge < -0.3 is 4.74 Å². The van der Waals surface area contributed by atoms with Gasteiger partial charge in [-0.2, -0.15) is 5.10 Å². The molecule has 0 unspecified atom stereocenters. The first-order valence-electron chi connectivity index (χ1n) is 6.83. The number of esters is 1. The summed E-state index contributed by atoms with van der Waals surface area (Å²) in [6, 6.07) is 15.4. The van der Waals surface area contributed by atoms with Crippen LogP contribution in [0.1, 0.15) is 6.92 Å². The molecule has 2 aromatic carbocycles. The molecule has 0 radical (unpaired) electrons. The van der Waals surface area contributed by atoms with Crippen molar-refractivity contribution in [3.8, 4) is 28.3 Å². The van der Waals surface area contributed by atoms with E-state index in [0.29, 0.717) is 17.1 Å². The molecule has 0 atom stereocenters. The predicted octanol–water partition coefficient (Wildman–Crippen LogP) is 5.19. The third-order valence-corrected chi connectivity index (χ3v) is 4.28. The lowest BCUT2D eigenvalue weighted by Gasteiger charge is -2.06. The van der Waals surface area contributed by atoms with Gasteiger partial charge in [0.25, 0.3) is 0 Å². The van der Waals surface area contributed by atoms with Crippen LogP contribution in [-0.2, 0) is 4.79 Å². The summed E-state index contributed by atoms with van der Waals surface area (Å²) in [6.45, 7) is 1.38. The van der Waals surface area contributed by atoms with Crippen LogP contribution in [0.2, 0.25) is 0 Å². The Morgan fingerprint density at radius 1 is 0.957 bits per heavy atom. The first kappa shape index (κ1) is 16.0. The standard InChI is InChI=1S/C17H12Br2N2O2/c1-10(22)23-17-15(11-2-6-13(18)7-3-11)20-21-16(17)12-4-8-14(19)9-5-12/h2-9H,1H3,(H,20,21). The number of halogens is 2. The van der Waals surface area contributed by atoms with Gasteiger partial charge in [0.15, 0.2) is 5.75 Å². The maximum atomic E-state index is 11.5. The van der Waals surface area contributed by atoms with Gasteiger partial charge in [0.1, 0.15) is 11.4 Å². The lowest BCUT2D eigenvalue weighted by molar-refractivity contribution is -0.131. The monoisotopic (exact) mass is 434 g/mol. The van der Waals surface area contributed by atoms with E-state index in [9.17, 15) is 4.79 Å². The minimum atomic E-state index is -0.386. The number of benzene rings is 2. The van der Waals surface area contributed by atoms with E-state index in [0.717, 1.165) is 20.1 Å². The Kier molecular flexibility index (Phi) is 4.63. The van der Waals surface area contributed by atoms with Gasteiger partial charge in [0.2, 0.25) is 0 Å². The summed E-state index contributed by atoms with van der Waals surface area (Å²) in [5.41, 5.74) is 3.03. The third kappa shape index (κ3) is 3.54. The zero-order valence-corrected chi connectivity index (χ0v) is 15.3. The fourth-order valence-corrected chi connectivity index (χ4v) is 2.72. The lowest BCUT2D eigenvalue weighted by atomic mass is 10.1. The van der Waals surface area contributed by atoms with Crippen LogP contribution in [0.25, 0.3) is 22.5 Å². The Morgan fingerprint density at radius 2 is 1.48 bits per heavy atom. The average Bonchev–Trinajstić information content (AvgIpc) is 2.92. The van der Waals surface area contributed by atoms with Gasteiger partial charge in [-0.05, 0) is 24.3 Å². The molecule has 0 amide bonds. The molecule has 116 valence electrons. The zero-order chi connectivity index (χ0) is 16.4. The van der Waals surface area contributed by atoms with Gasteiger partial charge in [-0.3, -0.25) is 9.89 Å². The molecule has 0 spiro atoms. The first-order chi connectivity index (χ1) is 11.0. The van der Waals surface area contributed by atoms with Crippen molar-refractivity contribution >= 4 is 37.8 Å². The van der Waals surface area contributed by atoms with Crippen LogP contribution in [0.3, 0.4) is 0 Å². The maximum absolute atomic E-state index is 11.5. The average molecular weight is 436 g/mol. The Bertz CT molecular complexity index is 777. The second-order valence-electron chi connectivity index (χ2n) is 4.88. The number of carbonyl (C=O) groups is 1. The second-order valence-corrected chi connectivity index (χ2v) is 6.72. The van der Waals surface area contributed by atoms with Crippen molar-refractivity contribution in [3.05, 3.63) is 57.5 Å². The minimum absolute atomic E-state index is 0.386. The van der Waals surface area contributed by atoms with Gasteiger partial charge in [-0.25, -0.2) is 0 Å². The second kappa shape index (κ2) is 6.68. The first-order valence-corrected chi connectivity index (χ1v) is 8.42. The molecule has 23 heavy (non-hydrogen) atoms. The van der Waals surface area contributed by atoms with Gasteiger partial charge in [-0.1, -0.05) is 56.1 Å². The van der Waals surface area contributed by atoms with Crippen LogP contribution in [0, 0.1) is 0 Å². The Hall–Kier alpha value is -1.92. The molecule has 1 N–H and O–H groups in total. The molecule has 0 saturated carbocycles. The van der Waals surface area contributed by atoms with Crippen molar-refractivity contribution in [1.82, 2.24) is 10.2 Å². The Morgan fingerprint density at radius 3 is 2.00 bits per heavy atom. The smallest absolute Gasteiger partial charge is 0.308 e. The van der Waals surface area contributed by atoms with Crippen molar-refractivity contribution in [2.45, 2.75) is 6.92 Å². The molecule has 0 bridgehead atoms. The lowest BCUT2D eigenvalue weighted by Crippen LogP contribution is -2.02. The number of rotatable bonds is 3. The summed E-state index contributed by atoms with van der Waals surface area (Å²) in [6.07, 6.45) is 0. The van der Waals surface area contributed by atoms with E-state index in [1.54, 1.807) is 0 Å². The third-order valence-electron chi connectivity index (χ3n) is 3.22. The van der Waals surface area contributed by atoms with Crippen molar-refractivity contribution in [2.75, 3.05) is 0 Å². The molecule has 0 saturated heterocycles. The minimum Gasteiger partial charge on any atom is -0.422 e. The molecule has 0 aliphatic carbocycles. The SMILES string of the molecule is CC(=O)Oc1c(-c2ccc(Br)cc2)n[nH]c1-c1ccc(Br)cc1. The summed E-state index contributed by atoms with van der Waals surface area (Å²) in [7, 11) is 0. The molecule has 3 rings (SSSR count). The molecule has 3 aromatic rings. The highest BCUT2D eigenvalue weighted by Gasteiger charge is 2.19. The number of aromatic amines is 1. The van der Waals surface area contributed by atoms with Crippen LogP contribution in [0.15, 0.2) is 57.5 Å². The normalized spacial score (nSPS) is 10.6. The van der Waals surface area contributed by atoms with E-state index in [1.807, 2.05) is 48.5 Å². The zero-order valence-electron chi connectivity index (χ0n) is 12.1. The highest BCUT2D eigenvalue weighted by molar-refractivity contribution is 9.10. The van der Waals surface area contributed by atoms with Gasteiger partial charge in [-0.15, -0.1) is 0 Å². The van der Waals surface area contributed by atoms with Crippen molar-refractivity contribution in [1.29, 1.82) is 0 Å². The van der Waals surface area contributed by atoms with Crippen LogP contribution in [-0.4, -0.2) is 16.2 Å². The largest absolute Gasteiger partial charge is 0.422 e. The number of aromatic nitrogens is 2. The Labute approximate surface area is 150 Å². The van der Waals surface area contributed by atoms with E-state index >= 15 is 0 Å². The summed E-state index contributed by atoms with van der Waals surface area (Å²) in [5, 5.41) is 7.31. The molecule has 4 nitrogen and oxygen atoms in total. The van der Waals surface area contributed by atoms with Crippen molar-refractivity contribution in [3.63, 3.8) is 0 Å². The van der Waals surface area contributed by atoms with Crippen LogP contribution in [0.5, 0.6) is 5.75 Å². The van der Waals surface area contributed by atoms with Gasteiger partial charge in [0.05, 0.1) is 0 Å². The Balaban J connectivity index is 2.12. The van der Waals surface area contributed by atoms with Crippen LogP contribution >= 0.6 is 31.9 Å². The molecular formula is C17H12Br2N2O2. The maximum Gasteiger partial charge on any atom is 0.308 e. The van der Waals surface area contributed by atoms with Gasteiger partial charge >= 0.3 is 5.97 Å². The van der Waals surface area contributed by atoms with Crippen LogP contribution in [0.4, 0.5) is 0 Å². The predicted molar refractivity (Wildman–Crippen MR) is 96.2 cm³/mol. The van der Waals surface area contributed by atoms with E-state index in [-0.39, 0.29) is 5.97 Å². The molecule has 0 aliphatic rings. The molecule has 0 aliphatic heterocycles. The summed E-state index contributed by atoms with van der Waals surface area (Å²) < 4.78 is 7.38. The number of ether oxygens (including phenoxy) is 1. The number of nitrogens with one attached hydrogen (secondary N) is 1. The number of hydrogen-bond acceptors (Lipinski definition) is 3. The fourth-order valence-electron chi connectivity index (χ4n) is 2.19. The number of H-pyrrole nitrogens is 1. The molecule has 1 aromatic heterocycles. The molecule has 6 heteroatoms. The summed E-state index contributed by atoms with van der Waals surface area (Å²) in [5.74, 6) is 0.0465. The van der Waals surface area contributed by atoms with E-state index in [4.69, 9.17) is 4.74 Å². The summed E-state index contributed by atoms with van der Waals surface area (Å²) in [4.78, 5) is 11.5. The topological polar surface area (TPSA) is 55.0 Å². The van der Waals surface area contributed by atoms with E-state index in [1.165, 1.54) is 6.92 Å². The van der Waals surface area contributed by atoms with Crippen molar-refractivity contribution < 1.29 is 9.53 Å². The molecular weight excluding hydrogens is 424 g/mol. The van der Waals surface area contributed by atoms with E-state index in [2.05, 4.69) is 42.1 Å². The number of carbonyl (C=O) groups excluding carboxylic acids is 1. The number of nitrogens with zero attached hydrogens (tertiary/aromatic N) is 1. The quantitative estimate of drug-likeness (QED) is 0.575. The van der Waals surface area contributed by atoms with Gasteiger partial charge in [0, 0.05) is 27.0 Å². The van der Waals surface area contributed by atoms with Crippen LogP contribution < -0.4 is 4.74 Å². The molecule has 1 heterocycles. The van der Waals surface area contributed by atoms with Crippen molar-refractivity contribution in [2.24, 2.45) is 0 Å². The fraction of sp³-hybridized carbons (Fsp3) is 0.0588. The number of hydrogen-bond donors (Lipinski definition) is 1. The highest BCUT2D eigenvalue weighted by Crippen LogP contribution is 2.37. The highest BCUT2D eigenvalue weighted by atomic mass is 79.9. The molecule has 0 fully saturated rings.